The summed E-state index contributed by atoms with van der Waals surface area (Å²) < 4.78 is 25.1. The molecule has 0 bridgehead atoms. The van der Waals surface area contributed by atoms with Crippen molar-refractivity contribution in [2.24, 2.45) is 5.92 Å². The van der Waals surface area contributed by atoms with Crippen LogP contribution in [0.25, 0.3) is 0 Å². The van der Waals surface area contributed by atoms with Gasteiger partial charge in [0.2, 0.25) is 17.7 Å². The highest BCUT2D eigenvalue weighted by Crippen LogP contribution is 2.32. The molecule has 1 fully saturated rings. The summed E-state index contributed by atoms with van der Waals surface area (Å²) in [5.74, 6) is 1.68. The Bertz CT molecular complexity index is 1140. The molecule has 1 aliphatic rings. The topological polar surface area (TPSA) is 84.8 Å². The highest BCUT2D eigenvalue weighted by atomic mass is 19.1. The summed E-state index contributed by atoms with van der Waals surface area (Å²) in [6.07, 6.45) is 3.95. The Balaban J connectivity index is 1.48. The molecule has 0 saturated carbocycles. The van der Waals surface area contributed by atoms with Crippen molar-refractivity contribution >= 4 is 5.91 Å². The number of ether oxygens (including phenoxy) is 2. The average molecular weight is 522 g/mol. The van der Waals surface area contributed by atoms with E-state index < -0.39 is 5.60 Å². The van der Waals surface area contributed by atoms with E-state index in [0.717, 1.165) is 24.8 Å². The molecule has 1 aromatic heterocycles. The maximum Gasteiger partial charge on any atom is 0.230 e. The largest absolute Gasteiger partial charge is 0.439 e. The maximum atomic E-state index is 13.3. The van der Waals surface area contributed by atoms with Crippen LogP contribution in [0.2, 0.25) is 0 Å². The molecule has 1 aliphatic heterocycles. The van der Waals surface area contributed by atoms with Gasteiger partial charge in [0.15, 0.2) is 0 Å². The standard InChI is InChI=1S/C30H36FN3O4/c1-4-22(5-2)20-30(36)14-16-34(17-15-30)29(35)18-26-32-27(37-24-10-6-21(3)7-11-24)19-28(33-26)38-25-12-8-23(31)9-13-25/h6-13,19,22,36H,4-5,14-18,20H2,1-3H3. The zero-order valence-electron chi connectivity index (χ0n) is 22.3. The third-order valence-electron chi connectivity index (χ3n) is 7.18. The lowest BCUT2D eigenvalue weighted by molar-refractivity contribution is -0.135. The summed E-state index contributed by atoms with van der Waals surface area (Å²) in [5, 5.41) is 11.1. The van der Waals surface area contributed by atoms with Crippen molar-refractivity contribution in [3.63, 3.8) is 0 Å². The molecule has 0 aliphatic carbocycles. The molecule has 0 atom stereocenters. The van der Waals surface area contributed by atoms with Gasteiger partial charge < -0.3 is 19.5 Å². The Labute approximate surface area is 223 Å². The summed E-state index contributed by atoms with van der Waals surface area (Å²) in [5.41, 5.74) is 0.377. The third kappa shape index (κ3) is 7.51. The first-order valence-corrected chi connectivity index (χ1v) is 13.3. The molecule has 2 aromatic carbocycles. The molecule has 4 rings (SSSR count). The van der Waals surface area contributed by atoms with Crippen LogP contribution in [-0.2, 0) is 11.2 Å². The molecular formula is C30H36FN3O4. The van der Waals surface area contributed by atoms with Gasteiger partial charge in [0.05, 0.1) is 18.1 Å². The van der Waals surface area contributed by atoms with Crippen molar-refractivity contribution in [3.8, 4) is 23.3 Å². The number of halogens is 1. The summed E-state index contributed by atoms with van der Waals surface area (Å²) in [6.45, 7) is 7.28. The molecule has 3 aromatic rings. The average Bonchev–Trinajstić information content (AvgIpc) is 2.90. The number of likely N-dealkylation sites (tertiary alicyclic amines) is 1. The van der Waals surface area contributed by atoms with Crippen LogP contribution < -0.4 is 9.47 Å². The van der Waals surface area contributed by atoms with E-state index in [2.05, 4.69) is 23.8 Å². The zero-order valence-corrected chi connectivity index (χ0v) is 22.3. The predicted molar refractivity (Wildman–Crippen MR) is 143 cm³/mol. The number of aliphatic hydroxyl groups is 1. The first kappa shape index (κ1) is 27.5. The van der Waals surface area contributed by atoms with Crippen LogP contribution in [0.3, 0.4) is 0 Å². The van der Waals surface area contributed by atoms with Crippen LogP contribution in [0.5, 0.6) is 23.3 Å². The maximum absolute atomic E-state index is 13.3. The Kier molecular flexibility index (Phi) is 8.94. The molecule has 8 heteroatoms. The Morgan fingerprint density at radius 2 is 1.50 bits per heavy atom. The summed E-state index contributed by atoms with van der Waals surface area (Å²) >= 11 is 0. The fraction of sp³-hybridized carbons (Fsp3) is 0.433. The Hall–Kier alpha value is -3.52. The van der Waals surface area contributed by atoms with Crippen molar-refractivity contribution < 1.29 is 23.8 Å². The molecular weight excluding hydrogens is 485 g/mol. The SMILES string of the molecule is CCC(CC)CC1(O)CCN(C(=O)Cc2nc(Oc3ccc(C)cc3)cc(Oc3ccc(F)cc3)n2)CC1. The van der Waals surface area contributed by atoms with E-state index >= 15 is 0 Å². The summed E-state index contributed by atoms with van der Waals surface area (Å²) in [6, 6.07) is 14.7. The highest BCUT2D eigenvalue weighted by molar-refractivity contribution is 5.78. The second kappa shape index (κ2) is 12.3. The van der Waals surface area contributed by atoms with Crippen LogP contribution >= 0.6 is 0 Å². The minimum absolute atomic E-state index is 0.0319. The van der Waals surface area contributed by atoms with Gasteiger partial charge in [-0.1, -0.05) is 44.4 Å². The molecule has 1 amide bonds. The minimum atomic E-state index is -0.720. The molecule has 0 radical (unpaired) electrons. The number of benzene rings is 2. The lowest BCUT2D eigenvalue weighted by Gasteiger charge is -2.40. The van der Waals surface area contributed by atoms with Gasteiger partial charge in [0, 0.05) is 13.1 Å². The number of piperidine rings is 1. The second-order valence-corrected chi connectivity index (χ2v) is 10.1. The second-order valence-electron chi connectivity index (χ2n) is 10.1. The number of aryl methyl sites for hydroxylation is 1. The number of aromatic nitrogens is 2. The summed E-state index contributed by atoms with van der Waals surface area (Å²) in [4.78, 5) is 23.8. The third-order valence-corrected chi connectivity index (χ3v) is 7.18. The monoisotopic (exact) mass is 521 g/mol. The van der Waals surface area contributed by atoms with E-state index in [9.17, 15) is 14.3 Å². The number of carbonyl (C=O) groups excluding carboxylic acids is 1. The molecule has 2 heterocycles. The van der Waals surface area contributed by atoms with E-state index in [1.807, 2.05) is 31.2 Å². The highest BCUT2D eigenvalue weighted by Gasteiger charge is 2.35. The van der Waals surface area contributed by atoms with Gasteiger partial charge in [0.1, 0.15) is 23.1 Å². The summed E-state index contributed by atoms with van der Waals surface area (Å²) in [7, 11) is 0. The lowest BCUT2D eigenvalue weighted by atomic mass is 9.81. The van der Waals surface area contributed by atoms with Gasteiger partial charge in [-0.3, -0.25) is 4.79 Å². The number of amides is 1. The Morgan fingerprint density at radius 1 is 0.974 bits per heavy atom. The van der Waals surface area contributed by atoms with Crippen LogP contribution in [0.1, 0.15) is 57.3 Å². The van der Waals surface area contributed by atoms with E-state index in [-0.39, 0.29) is 35.7 Å². The van der Waals surface area contributed by atoms with Crippen molar-refractivity contribution in [2.75, 3.05) is 13.1 Å². The molecule has 202 valence electrons. The van der Waals surface area contributed by atoms with Crippen LogP contribution in [0, 0.1) is 18.7 Å². The predicted octanol–water partition coefficient (Wildman–Crippen LogP) is 6.23. The van der Waals surface area contributed by atoms with Gasteiger partial charge in [-0.25, -0.2) is 4.39 Å². The number of carbonyl (C=O) groups is 1. The molecule has 38 heavy (non-hydrogen) atoms. The van der Waals surface area contributed by atoms with Crippen molar-refractivity contribution in [1.29, 1.82) is 0 Å². The van der Waals surface area contributed by atoms with Crippen LogP contribution in [0.4, 0.5) is 4.39 Å². The molecule has 0 spiro atoms. The van der Waals surface area contributed by atoms with Gasteiger partial charge in [-0.2, -0.15) is 9.97 Å². The molecule has 0 unspecified atom stereocenters. The van der Waals surface area contributed by atoms with Gasteiger partial charge in [-0.05, 0) is 68.5 Å². The fourth-order valence-corrected chi connectivity index (χ4v) is 4.72. The number of nitrogens with zero attached hydrogens (tertiary/aromatic N) is 3. The smallest absolute Gasteiger partial charge is 0.230 e. The number of hydrogen-bond acceptors (Lipinski definition) is 6. The molecule has 1 saturated heterocycles. The molecule has 1 N–H and O–H groups in total. The number of hydrogen-bond donors (Lipinski definition) is 1. The van der Waals surface area contributed by atoms with Crippen LogP contribution in [-0.4, -0.2) is 44.6 Å². The molecule has 7 nitrogen and oxygen atoms in total. The van der Waals surface area contributed by atoms with E-state index in [1.165, 1.54) is 30.3 Å². The minimum Gasteiger partial charge on any atom is -0.439 e. The lowest BCUT2D eigenvalue weighted by Crippen LogP contribution is -2.48. The van der Waals surface area contributed by atoms with E-state index in [4.69, 9.17) is 9.47 Å². The van der Waals surface area contributed by atoms with Crippen LogP contribution in [0.15, 0.2) is 54.6 Å². The Morgan fingerprint density at radius 3 is 2.03 bits per heavy atom. The fourth-order valence-electron chi connectivity index (χ4n) is 4.72. The quantitative estimate of drug-likeness (QED) is 0.340. The van der Waals surface area contributed by atoms with Crippen molar-refractivity contribution in [2.45, 2.75) is 64.9 Å². The first-order valence-electron chi connectivity index (χ1n) is 13.3. The number of rotatable bonds is 10. The van der Waals surface area contributed by atoms with Gasteiger partial charge in [-0.15, -0.1) is 0 Å². The van der Waals surface area contributed by atoms with Crippen molar-refractivity contribution in [1.82, 2.24) is 14.9 Å². The normalized spacial score (nSPS) is 14.9. The van der Waals surface area contributed by atoms with Gasteiger partial charge in [0.25, 0.3) is 0 Å². The zero-order chi connectivity index (χ0) is 27.1. The van der Waals surface area contributed by atoms with E-state index in [0.29, 0.717) is 43.3 Å². The van der Waals surface area contributed by atoms with E-state index in [1.54, 1.807) is 4.90 Å². The first-order chi connectivity index (χ1) is 18.2. The van der Waals surface area contributed by atoms with Gasteiger partial charge >= 0.3 is 0 Å². The van der Waals surface area contributed by atoms with Crippen molar-refractivity contribution in [3.05, 3.63) is 71.8 Å².